The molecule has 1 heterocycles. The van der Waals surface area contributed by atoms with E-state index in [0.717, 1.165) is 15.6 Å². The van der Waals surface area contributed by atoms with Crippen molar-refractivity contribution in [2.45, 2.75) is 31.7 Å². The Hall–Kier alpha value is -0.510. The monoisotopic (exact) mass is 358 g/mol. The number of alkyl halides is 1. The highest BCUT2D eigenvalue weighted by molar-refractivity contribution is 9.09. The number of rotatable bonds is 4. The van der Waals surface area contributed by atoms with Crippen molar-refractivity contribution in [1.29, 1.82) is 0 Å². The number of benzene rings is 1. The summed E-state index contributed by atoms with van der Waals surface area (Å²) in [6.45, 7) is 6.09. The SMILES string of the molecule is Cc1cc(C(Br)c2cccc(OC(C)C)c2)sc1Cl. The van der Waals surface area contributed by atoms with Crippen LogP contribution in [0.25, 0.3) is 0 Å². The van der Waals surface area contributed by atoms with Gasteiger partial charge in [-0.15, -0.1) is 11.3 Å². The topological polar surface area (TPSA) is 9.23 Å². The molecule has 0 saturated carbocycles. The summed E-state index contributed by atoms with van der Waals surface area (Å²) in [6.07, 6.45) is 0.183. The summed E-state index contributed by atoms with van der Waals surface area (Å²) in [5, 5.41) is 0. The summed E-state index contributed by atoms with van der Waals surface area (Å²) in [7, 11) is 0. The Bertz CT molecular complexity index is 546. The van der Waals surface area contributed by atoms with E-state index in [1.54, 1.807) is 11.3 Å². The maximum Gasteiger partial charge on any atom is 0.120 e. The second-order valence-corrected chi connectivity index (χ2v) is 7.31. The van der Waals surface area contributed by atoms with Gasteiger partial charge in [0.05, 0.1) is 15.3 Å². The molecule has 0 bridgehead atoms. The van der Waals surface area contributed by atoms with Crippen LogP contribution in [0.4, 0.5) is 0 Å². The van der Waals surface area contributed by atoms with Crippen LogP contribution in [-0.4, -0.2) is 6.10 Å². The molecule has 0 N–H and O–H groups in total. The van der Waals surface area contributed by atoms with Crippen LogP contribution >= 0.6 is 38.9 Å². The molecule has 1 unspecified atom stereocenters. The van der Waals surface area contributed by atoms with Crippen LogP contribution in [0.2, 0.25) is 4.34 Å². The Morgan fingerprint density at radius 1 is 1.26 bits per heavy atom. The molecule has 19 heavy (non-hydrogen) atoms. The Balaban J connectivity index is 2.25. The summed E-state index contributed by atoms with van der Waals surface area (Å²) in [4.78, 5) is 1.36. The molecule has 0 aliphatic rings. The second-order valence-electron chi connectivity index (χ2n) is 4.71. The van der Waals surface area contributed by atoms with Gasteiger partial charge in [-0.05, 0) is 50.1 Å². The quantitative estimate of drug-likeness (QED) is 0.610. The van der Waals surface area contributed by atoms with Gasteiger partial charge in [0.15, 0.2) is 0 Å². The van der Waals surface area contributed by atoms with Crippen molar-refractivity contribution in [3.63, 3.8) is 0 Å². The van der Waals surface area contributed by atoms with Gasteiger partial charge in [-0.2, -0.15) is 0 Å². The van der Waals surface area contributed by atoms with Gasteiger partial charge in [-0.3, -0.25) is 0 Å². The third-order valence-corrected chi connectivity index (χ3v) is 5.59. The zero-order chi connectivity index (χ0) is 14.0. The van der Waals surface area contributed by atoms with Crippen LogP contribution in [0.3, 0.4) is 0 Å². The van der Waals surface area contributed by atoms with Gasteiger partial charge >= 0.3 is 0 Å². The Morgan fingerprint density at radius 2 is 2.00 bits per heavy atom. The minimum absolute atomic E-state index is 0.152. The maximum absolute atomic E-state index is 6.13. The van der Waals surface area contributed by atoms with Crippen molar-refractivity contribution in [3.05, 3.63) is 50.7 Å². The molecule has 0 spiro atoms. The average molecular weight is 360 g/mol. The fourth-order valence-electron chi connectivity index (χ4n) is 1.79. The van der Waals surface area contributed by atoms with Crippen molar-refractivity contribution in [2.24, 2.45) is 0 Å². The van der Waals surface area contributed by atoms with Gasteiger partial charge in [-0.25, -0.2) is 0 Å². The molecule has 102 valence electrons. The maximum atomic E-state index is 6.13. The molecule has 0 radical (unpaired) electrons. The normalized spacial score (nSPS) is 12.7. The molecule has 1 aromatic carbocycles. The first-order valence-corrected chi connectivity index (χ1v) is 8.25. The lowest BCUT2D eigenvalue weighted by molar-refractivity contribution is 0.242. The van der Waals surface area contributed by atoms with E-state index in [2.05, 4.69) is 34.1 Å². The zero-order valence-corrected chi connectivity index (χ0v) is 14.3. The number of ether oxygens (including phenoxy) is 1. The summed E-state index contributed by atoms with van der Waals surface area (Å²) >= 11 is 11.5. The molecule has 2 aromatic rings. The number of halogens is 2. The molecule has 4 heteroatoms. The van der Waals surface area contributed by atoms with E-state index in [1.807, 2.05) is 32.9 Å². The van der Waals surface area contributed by atoms with Crippen LogP contribution in [-0.2, 0) is 0 Å². The molecule has 1 aromatic heterocycles. The Morgan fingerprint density at radius 3 is 2.58 bits per heavy atom. The molecule has 1 nitrogen and oxygen atoms in total. The standard InChI is InChI=1S/C15H16BrClOS/c1-9(2)18-12-6-4-5-11(8-12)14(16)13-7-10(3)15(17)19-13/h4-9,14H,1-3H3. The fourth-order valence-corrected chi connectivity index (χ4v) is 3.71. The highest BCUT2D eigenvalue weighted by atomic mass is 79.9. The Kier molecular flexibility index (Phi) is 4.93. The number of hydrogen-bond acceptors (Lipinski definition) is 2. The van der Waals surface area contributed by atoms with Gasteiger partial charge in [0, 0.05) is 4.88 Å². The lowest BCUT2D eigenvalue weighted by atomic mass is 10.1. The smallest absolute Gasteiger partial charge is 0.120 e. The van der Waals surface area contributed by atoms with E-state index in [-0.39, 0.29) is 10.9 Å². The first-order chi connectivity index (χ1) is 8.97. The van der Waals surface area contributed by atoms with Crippen LogP contribution in [0.15, 0.2) is 30.3 Å². The molecule has 0 amide bonds. The minimum Gasteiger partial charge on any atom is -0.491 e. The molecule has 0 fully saturated rings. The number of hydrogen-bond donors (Lipinski definition) is 0. The fraction of sp³-hybridized carbons (Fsp3) is 0.333. The minimum atomic E-state index is 0.152. The van der Waals surface area contributed by atoms with Gasteiger partial charge in [0.2, 0.25) is 0 Å². The molecule has 2 rings (SSSR count). The number of thiophene rings is 1. The van der Waals surface area contributed by atoms with E-state index < -0.39 is 0 Å². The van der Waals surface area contributed by atoms with Crippen LogP contribution < -0.4 is 4.74 Å². The molecule has 0 saturated heterocycles. The first-order valence-electron chi connectivity index (χ1n) is 6.14. The average Bonchev–Trinajstić information content (AvgIpc) is 2.68. The van der Waals surface area contributed by atoms with Gasteiger partial charge in [-0.1, -0.05) is 39.7 Å². The van der Waals surface area contributed by atoms with Gasteiger partial charge in [0.25, 0.3) is 0 Å². The molecular formula is C15H16BrClOS. The third-order valence-electron chi connectivity index (χ3n) is 2.65. The molecular weight excluding hydrogens is 344 g/mol. The van der Waals surface area contributed by atoms with Gasteiger partial charge < -0.3 is 4.74 Å². The highest BCUT2D eigenvalue weighted by Crippen LogP contribution is 2.39. The van der Waals surface area contributed by atoms with Crippen molar-refractivity contribution < 1.29 is 4.74 Å². The summed E-state index contributed by atoms with van der Waals surface area (Å²) in [5.41, 5.74) is 2.30. The summed E-state index contributed by atoms with van der Waals surface area (Å²) < 4.78 is 6.58. The lowest BCUT2D eigenvalue weighted by Gasteiger charge is -2.13. The largest absolute Gasteiger partial charge is 0.491 e. The van der Waals surface area contributed by atoms with Crippen molar-refractivity contribution in [3.8, 4) is 5.75 Å². The number of aryl methyl sites for hydroxylation is 1. The van der Waals surface area contributed by atoms with Crippen LogP contribution in [0, 0.1) is 6.92 Å². The molecule has 1 atom stereocenters. The second kappa shape index (κ2) is 6.29. The predicted octanol–water partition coefficient (Wildman–Crippen LogP) is 5.98. The van der Waals surface area contributed by atoms with E-state index in [9.17, 15) is 0 Å². The Labute approximate surface area is 131 Å². The predicted molar refractivity (Wildman–Crippen MR) is 87.0 cm³/mol. The summed E-state index contributed by atoms with van der Waals surface area (Å²) in [5.74, 6) is 0.899. The van der Waals surface area contributed by atoms with E-state index in [1.165, 1.54) is 10.4 Å². The van der Waals surface area contributed by atoms with Crippen LogP contribution in [0.5, 0.6) is 5.75 Å². The highest BCUT2D eigenvalue weighted by Gasteiger charge is 2.15. The first kappa shape index (κ1) is 14.9. The van der Waals surface area contributed by atoms with Crippen molar-refractivity contribution >= 4 is 38.9 Å². The molecule has 0 aliphatic heterocycles. The van der Waals surface area contributed by atoms with E-state index in [0.29, 0.717) is 0 Å². The lowest BCUT2D eigenvalue weighted by Crippen LogP contribution is -2.05. The van der Waals surface area contributed by atoms with Gasteiger partial charge in [0.1, 0.15) is 5.75 Å². The zero-order valence-electron chi connectivity index (χ0n) is 11.1. The molecule has 0 aliphatic carbocycles. The van der Waals surface area contributed by atoms with Crippen molar-refractivity contribution in [1.82, 2.24) is 0 Å². The third kappa shape index (κ3) is 3.74. The van der Waals surface area contributed by atoms with Crippen LogP contribution in [0.1, 0.15) is 34.7 Å². The van der Waals surface area contributed by atoms with Crippen molar-refractivity contribution in [2.75, 3.05) is 0 Å². The van der Waals surface area contributed by atoms with E-state index >= 15 is 0 Å². The summed E-state index contributed by atoms with van der Waals surface area (Å²) in [6, 6.07) is 10.3. The van der Waals surface area contributed by atoms with E-state index in [4.69, 9.17) is 16.3 Å².